The molecule has 2 fully saturated rings. The molecule has 0 aromatic carbocycles. The van der Waals surface area contributed by atoms with Gasteiger partial charge in [-0.15, -0.1) is 23.5 Å². The van der Waals surface area contributed by atoms with Gasteiger partial charge < -0.3 is 4.74 Å². The molecule has 10 heteroatoms. The summed E-state index contributed by atoms with van der Waals surface area (Å²) in [4.78, 5) is 12.7. The summed E-state index contributed by atoms with van der Waals surface area (Å²) in [5.41, 5.74) is -1.44. The van der Waals surface area contributed by atoms with Crippen LogP contribution in [-0.4, -0.2) is 44.6 Å². The first-order valence-electron chi connectivity index (χ1n) is 7.95. The Labute approximate surface area is 152 Å². The number of esters is 1. The van der Waals surface area contributed by atoms with Gasteiger partial charge in [-0.25, -0.2) is 0 Å². The van der Waals surface area contributed by atoms with Gasteiger partial charge in [0.05, 0.1) is 12.3 Å². The van der Waals surface area contributed by atoms with Gasteiger partial charge in [0, 0.05) is 30.5 Å². The number of aromatic nitrogens is 2. The fourth-order valence-electron chi connectivity index (χ4n) is 3.52. The van der Waals surface area contributed by atoms with E-state index in [0.29, 0.717) is 6.54 Å². The van der Waals surface area contributed by atoms with Crippen LogP contribution in [0.1, 0.15) is 25.2 Å². The molecule has 2 aliphatic rings. The molecule has 0 radical (unpaired) electrons. The van der Waals surface area contributed by atoms with E-state index in [2.05, 4.69) is 10.4 Å². The highest BCUT2D eigenvalue weighted by Gasteiger charge is 2.62. The number of halogens is 3. The van der Waals surface area contributed by atoms with Gasteiger partial charge in [-0.3, -0.25) is 14.8 Å². The summed E-state index contributed by atoms with van der Waals surface area (Å²) in [6.45, 7) is 4.11. The molecule has 1 aromatic rings. The number of nitrogens with one attached hydrogen (secondary N) is 1. The number of aryl methyl sites for hydroxylation is 1. The first kappa shape index (κ1) is 18.9. The molecule has 2 saturated heterocycles. The molecule has 0 amide bonds. The van der Waals surface area contributed by atoms with E-state index in [-0.39, 0.29) is 12.3 Å². The number of hydrogen-bond acceptors (Lipinski definition) is 6. The first-order valence-corrected chi connectivity index (χ1v) is 9.92. The summed E-state index contributed by atoms with van der Waals surface area (Å²) in [7, 11) is 1.27. The van der Waals surface area contributed by atoms with Crippen LogP contribution in [0.5, 0.6) is 0 Å². The Morgan fingerprint density at radius 1 is 1.48 bits per heavy atom. The van der Waals surface area contributed by atoms with Crippen molar-refractivity contribution in [3.05, 3.63) is 17.5 Å². The van der Waals surface area contributed by atoms with Crippen molar-refractivity contribution in [2.24, 2.45) is 13.0 Å². The Bertz CT molecular complexity index is 673. The summed E-state index contributed by atoms with van der Waals surface area (Å²) < 4.78 is 45.0. The third-order valence-electron chi connectivity index (χ3n) is 4.71. The van der Waals surface area contributed by atoms with Crippen LogP contribution in [0.15, 0.2) is 6.07 Å². The minimum Gasteiger partial charge on any atom is -0.466 e. The molecular weight excluding hydrogens is 375 g/mol. The van der Waals surface area contributed by atoms with E-state index in [0.717, 1.165) is 22.3 Å². The van der Waals surface area contributed by atoms with Crippen molar-refractivity contribution in [1.29, 1.82) is 0 Å². The van der Waals surface area contributed by atoms with Crippen LogP contribution in [0.3, 0.4) is 0 Å². The topological polar surface area (TPSA) is 56.1 Å². The van der Waals surface area contributed by atoms with Gasteiger partial charge in [0.1, 0.15) is 15.8 Å². The van der Waals surface area contributed by atoms with E-state index in [1.54, 1.807) is 37.4 Å². The van der Waals surface area contributed by atoms with Gasteiger partial charge in [0.15, 0.2) is 0 Å². The minimum atomic E-state index is -4.49. The lowest BCUT2D eigenvalue weighted by molar-refractivity contribution is -0.149. The van der Waals surface area contributed by atoms with Crippen LogP contribution < -0.4 is 5.32 Å². The number of carbonyl (C=O) groups excluding carboxylic acids is 1. The lowest BCUT2D eigenvalue weighted by Crippen LogP contribution is -2.45. The van der Waals surface area contributed by atoms with Crippen molar-refractivity contribution < 1.29 is 22.7 Å². The lowest BCUT2D eigenvalue weighted by Gasteiger charge is -2.34. The second-order valence-electron chi connectivity index (χ2n) is 6.36. The maximum atomic E-state index is 13.2. The molecule has 1 N–H and O–H groups in total. The van der Waals surface area contributed by atoms with E-state index in [4.69, 9.17) is 4.74 Å². The van der Waals surface area contributed by atoms with Gasteiger partial charge in [0.25, 0.3) is 0 Å². The molecular formula is C15H20F3N3O2S2. The number of carbonyl (C=O) groups is 1. The predicted molar refractivity (Wildman–Crippen MR) is 91.3 cm³/mol. The molecule has 0 aliphatic carbocycles. The minimum absolute atomic E-state index is 0.229. The fourth-order valence-corrected chi connectivity index (χ4v) is 7.02. The highest BCUT2D eigenvalue weighted by Crippen LogP contribution is 2.57. The SMILES string of the molecule is CCOC(=O)C1C2(NCC1(C)c1cc(C(F)(F)F)n(C)n1)SCCS2. The van der Waals surface area contributed by atoms with Crippen LogP contribution in [-0.2, 0) is 28.2 Å². The van der Waals surface area contributed by atoms with E-state index < -0.39 is 33.4 Å². The third kappa shape index (κ3) is 3.06. The summed E-state index contributed by atoms with van der Waals surface area (Å²) in [5.74, 6) is 0.740. The van der Waals surface area contributed by atoms with Gasteiger partial charge in [-0.05, 0) is 13.0 Å². The number of ether oxygens (including phenoxy) is 1. The fraction of sp³-hybridized carbons (Fsp3) is 0.733. The molecule has 2 unspecified atom stereocenters. The Morgan fingerprint density at radius 2 is 2.12 bits per heavy atom. The zero-order chi connectivity index (χ0) is 18.5. The number of nitrogens with zero attached hydrogens (tertiary/aromatic N) is 2. The molecule has 0 bridgehead atoms. The number of alkyl halides is 3. The third-order valence-corrected chi connectivity index (χ3v) is 8.11. The summed E-state index contributed by atoms with van der Waals surface area (Å²) in [5, 5.41) is 7.48. The highest BCUT2D eigenvalue weighted by atomic mass is 32.2. The Morgan fingerprint density at radius 3 is 2.64 bits per heavy atom. The zero-order valence-corrected chi connectivity index (χ0v) is 15.8. The summed E-state index contributed by atoms with van der Waals surface area (Å²) in [6.07, 6.45) is -4.49. The molecule has 2 aliphatic heterocycles. The standard InChI is InChI=1S/C15H20F3N3O2S2/c1-4-23-12(22)11-13(2,8-19-15(11)24-5-6-25-15)9-7-10(14(16,17)18)21(3)20-9/h7,11,19H,4-6,8H2,1-3H3. The van der Waals surface area contributed by atoms with Gasteiger partial charge in [-0.2, -0.15) is 18.3 Å². The molecule has 25 heavy (non-hydrogen) atoms. The quantitative estimate of drug-likeness (QED) is 0.794. The smallest absolute Gasteiger partial charge is 0.433 e. The molecule has 1 aromatic heterocycles. The van der Waals surface area contributed by atoms with Crippen molar-refractivity contribution in [2.75, 3.05) is 24.7 Å². The number of hydrogen-bond donors (Lipinski definition) is 1. The van der Waals surface area contributed by atoms with E-state index >= 15 is 0 Å². The van der Waals surface area contributed by atoms with Crippen LogP contribution in [0.25, 0.3) is 0 Å². The van der Waals surface area contributed by atoms with Gasteiger partial charge >= 0.3 is 12.1 Å². The molecule has 2 atom stereocenters. The number of thioether (sulfide) groups is 2. The largest absolute Gasteiger partial charge is 0.466 e. The predicted octanol–water partition coefficient (Wildman–Crippen LogP) is 2.61. The van der Waals surface area contributed by atoms with Crippen molar-refractivity contribution in [3.8, 4) is 0 Å². The Kier molecular flexibility index (Phi) is 4.83. The normalized spacial score (nSPS) is 28.6. The van der Waals surface area contributed by atoms with Crippen LogP contribution >= 0.6 is 23.5 Å². The second-order valence-corrected chi connectivity index (χ2v) is 9.30. The van der Waals surface area contributed by atoms with Crippen LogP contribution in [0.2, 0.25) is 0 Å². The van der Waals surface area contributed by atoms with Crippen molar-refractivity contribution >= 4 is 29.5 Å². The monoisotopic (exact) mass is 395 g/mol. The molecule has 0 saturated carbocycles. The maximum Gasteiger partial charge on any atom is 0.433 e. The number of rotatable bonds is 3. The second kappa shape index (κ2) is 6.38. The van der Waals surface area contributed by atoms with E-state index in [1.807, 2.05) is 0 Å². The molecule has 5 nitrogen and oxygen atoms in total. The Hall–Kier alpha value is -0.870. The highest BCUT2D eigenvalue weighted by molar-refractivity contribution is 8.21. The average molecular weight is 395 g/mol. The maximum absolute atomic E-state index is 13.2. The molecule has 3 heterocycles. The molecule has 3 rings (SSSR count). The average Bonchev–Trinajstić information content (AvgIpc) is 3.19. The Balaban J connectivity index is 2.05. The molecule has 140 valence electrons. The van der Waals surface area contributed by atoms with Crippen molar-refractivity contribution in [3.63, 3.8) is 0 Å². The van der Waals surface area contributed by atoms with E-state index in [1.165, 1.54) is 7.05 Å². The van der Waals surface area contributed by atoms with Gasteiger partial charge in [-0.1, -0.05) is 6.92 Å². The van der Waals surface area contributed by atoms with Crippen molar-refractivity contribution in [1.82, 2.24) is 15.1 Å². The van der Waals surface area contributed by atoms with Gasteiger partial charge in [0.2, 0.25) is 0 Å². The summed E-state index contributed by atoms with van der Waals surface area (Å²) in [6, 6.07) is 1.05. The van der Waals surface area contributed by atoms with E-state index in [9.17, 15) is 18.0 Å². The first-order chi connectivity index (χ1) is 11.6. The zero-order valence-electron chi connectivity index (χ0n) is 14.1. The van der Waals surface area contributed by atoms with Crippen LogP contribution in [0, 0.1) is 5.92 Å². The summed E-state index contributed by atoms with van der Waals surface area (Å²) >= 11 is 3.24. The lowest BCUT2D eigenvalue weighted by atomic mass is 9.76. The van der Waals surface area contributed by atoms with Crippen molar-refractivity contribution in [2.45, 2.75) is 29.6 Å². The molecule has 1 spiro atoms. The van der Waals surface area contributed by atoms with Crippen LogP contribution in [0.4, 0.5) is 13.2 Å².